The number of aromatic nitrogens is 3. The molecule has 17 heteroatoms. The number of carbonyl (C=O) groups excluding carboxylic acids is 1. The number of amides is 1. The van der Waals surface area contributed by atoms with Crippen LogP contribution in [0.25, 0.3) is 10.9 Å². The summed E-state index contributed by atoms with van der Waals surface area (Å²) in [5.41, 5.74) is 5.07. The van der Waals surface area contributed by atoms with E-state index >= 15 is 0 Å². The minimum atomic E-state index is -5.08. The zero-order valence-corrected chi connectivity index (χ0v) is 32.1. The van der Waals surface area contributed by atoms with Gasteiger partial charge in [0, 0.05) is 54.3 Å². The number of para-hydroxylation sites is 1. The van der Waals surface area contributed by atoms with Gasteiger partial charge in [-0.3, -0.25) is 9.78 Å². The number of alkyl halides is 3. The van der Waals surface area contributed by atoms with Gasteiger partial charge >= 0.3 is 12.1 Å². The molecule has 4 heterocycles. The summed E-state index contributed by atoms with van der Waals surface area (Å²) in [6, 6.07) is 12.7. The van der Waals surface area contributed by atoms with E-state index in [2.05, 4.69) is 81.0 Å². The maximum Gasteiger partial charge on any atom is 0.490 e. The maximum atomic E-state index is 12.6. The van der Waals surface area contributed by atoms with Gasteiger partial charge in [-0.1, -0.05) is 33.0 Å². The summed E-state index contributed by atoms with van der Waals surface area (Å²) in [5.74, 6) is -0.896. The van der Waals surface area contributed by atoms with Crippen molar-refractivity contribution in [3.05, 3.63) is 71.2 Å². The third-order valence-corrected chi connectivity index (χ3v) is 10.7. The van der Waals surface area contributed by atoms with Crippen LogP contribution in [-0.4, -0.2) is 95.7 Å². The molecule has 0 aliphatic carbocycles. The topological polar surface area (TPSA) is 142 Å². The molecule has 6 rings (SSSR count). The van der Waals surface area contributed by atoms with Gasteiger partial charge in [0.1, 0.15) is 11.6 Å². The number of ether oxygens (including phenoxy) is 2. The SMILES string of the molecule is CCc1cc(Nc2ncc(Br)c(Nc3cnc4ccccc4c3P(C)C)n2)c(OC)cc1N1CCC(N2CC=COCC2=O)CC1.O=C(O)C(F)(F)F. The first-order valence-corrected chi connectivity index (χ1v) is 19.8. The molecule has 12 nitrogen and oxygen atoms in total. The van der Waals surface area contributed by atoms with Crippen molar-refractivity contribution < 1.29 is 37.3 Å². The lowest BCUT2D eigenvalue weighted by molar-refractivity contribution is -0.192. The van der Waals surface area contributed by atoms with E-state index in [0.29, 0.717) is 24.1 Å². The number of methoxy groups -OCH3 is 1. The molecule has 2 aromatic carbocycles. The van der Waals surface area contributed by atoms with E-state index in [1.807, 2.05) is 29.3 Å². The van der Waals surface area contributed by atoms with E-state index in [1.54, 1.807) is 19.6 Å². The summed E-state index contributed by atoms with van der Waals surface area (Å²) in [5, 5.41) is 16.5. The van der Waals surface area contributed by atoms with Crippen LogP contribution in [0.1, 0.15) is 25.3 Å². The average molecular weight is 819 g/mol. The molecule has 0 saturated carbocycles. The fourth-order valence-electron chi connectivity index (χ4n) is 6.22. The van der Waals surface area contributed by atoms with Crippen LogP contribution in [0.4, 0.5) is 42.0 Å². The van der Waals surface area contributed by atoms with Crippen LogP contribution in [0.15, 0.2) is 65.6 Å². The Bertz CT molecular complexity index is 1980. The first-order chi connectivity index (χ1) is 25.3. The number of halogens is 4. The van der Waals surface area contributed by atoms with Gasteiger partial charge in [-0.2, -0.15) is 18.2 Å². The molecule has 1 saturated heterocycles. The Morgan fingerprint density at radius 1 is 1.11 bits per heavy atom. The quantitative estimate of drug-likeness (QED) is 0.148. The fourth-order valence-corrected chi connectivity index (χ4v) is 7.78. The van der Waals surface area contributed by atoms with Crippen molar-refractivity contribution in [1.29, 1.82) is 0 Å². The van der Waals surface area contributed by atoms with Gasteiger partial charge in [0.25, 0.3) is 5.91 Å². The standard InChI is InChI=1S/C34H39BrN7O3P.C2HF3O2/c1-5-22-17-27(30(44-2)18-29(22)41-14-11-23(12-15-41)42-13-8-16-45-21-31(42)43)39-34-37-19-25(35)33(40-34)38-28-20-36-26-10-7-6-9-24(26)32(28)46(3)4;3-2(4,5)1(6)7/h6-10,16-20,23H,5,11-15,21H2,1-4H3,(H2,37,38,39,40);(H,6,7). The van der Waals surface area contributed by atoms with E-state index in [-0.39, 0.29) is 18.6 Å². The lowest BCUT2D eigenvalue weighted by atomic mass is 10.00. The van der Waals surface area contributed by atoms with Crippen molar-refractivity contribution in [2.75, 3.05) is 62.2 Å². The number of fused-ring (bicyclic) bond motifs is 1. The van der Waals surface area contributed by atoms with Crippen LogP contribution in [0, 0.1) is 0 Å². The molecule has 0 spiro atoms. The van der Waals surface area contributed by atoms with Crippen molar-refractivity contribution in [2.45, 2.75) is 38.4 Å². The van der Waals surface area contributed by atoms with Crippen molar-refractivity contribution in [2.24, 2.45) is 0 Å². The number of hydrogen-bond donors (Lipinski definition) is 3. The van der Waals surface area contributed by atoms with Gasteiger partial charge in [-0.05, 0) is 72.3 Å². The molecule has 0 bridgehead atoms. The molecular weight excluding hydrogens is 778 g/mol. The van der Waals surface area contributed by atoms with E-state index in [4.69, 9.17) is 29.3 Å². The van der Waals surface area contributed by atoms with Crippen molar-refractivity contribution >= 4 is 80.8 Å². The second-order valence-corrected chi connectivity index (χ2v) is 15.4. The fraction of sp³-hybridized carbons (Fsp3) is 0.361. The molecule has 1 amide bonds. The highest BCUT2D eigenvalue weighted by molar-refractivity contribution is 9.10. The first kappa shape index (κ1) is 39.5. The molecule has 0 radical (unpaired) electrons. The van der Waals surface area contributed by atoms with Crippen LogP contribution in [0.2, 0.25) is 0 Å². The molecule has 3 N–H and O–H groups in total. The maximum absolute atomic E-state index is 12.6. The minimum absolute atomic E-state index is 0.0541. The zero-order valence-electron chi connectivity index (χ0n) is 29.6. The number of rotatable bonds is 9. The number of nitrogens with zero attached hydrogens (tertiary/aromatic N) is 5. The van der Waals surface area contributed by atoms with Gasteiger partial charge in [0.2, 0.25) is 5.95 Å². The number of carboxylic acids is 1. The lowest BCUT2D eigenvalue weighted by Crippen LogP contribution is -2.48. The second kappa shape index (κ2) is 17.4. The van der Waals surface area contributed by atoms with Crippen LogP contribution in [-0.2, 0) is 20.7 Å². The average Bonchev–Trinajstić information content (AvgIpc) is 3.36. The first-order valence-electron chi connectivity index (χ1n) is 16.7. The number of aliphatic carboxylic acids is 1. The number of hydrogen-bond acceptors (Lipinski definition) is 10. The third-order valence-electron chi connectivity index (χ3n) is 8.73. The Hall–Kier alpha value is -4.69. The summed E-state index contributed by atoms with van der Waals surface area (Å²) in [7, 11) is 1.26. The highest BCUT2D eigenvalue weighted by atomic mass is 79.9. The van der Waals surface area contributed by atoms with E-state index in [0.717, 1.165) is 64.8 Å². The summed E-state index contributed by atoms with van der Waals surface area (Å²) < 4.78 is 43.6. The highest BCUT2D eigenvalue weighted by Gasteiger charge is 2.38. The molecule has 2 aliphatic rings. The number of pyridine rings is 1. The Labute approximate surface area is 314 Å². The van der Waals surface area contributed by atoms with Crippen molar-refractivity contribution in [1.82, 2.24) is 19.9 Å². The number of carboxylic acid groups (broad SMARTS) is 1. The second-order valence-electron chi connectivity index (χ2n) is 12.4. The van der Waals surface area contributed by atoms with Crippen molar-refractivity contribution in [3.8, 4) is 5.75 Å². The largest absolute Gasteiger partial charge is 0.494 e. The Morgan fingerprint density at radius 2 is 1.83 bits per heavy atom. The number of piperidine rings is 1. The number of nitrogens with one attached hydrogen (secondary N) is 2. The Balaban J connectivity index is 0.000000705. The normalized spacial score (nSPS) is 15.1. The van der Waals surface area contributed by atoms with Gasteiger partial charge in [0.05, 0.1) is 40.9 Å². The van der Waals surface area contributed by atoms with E-state index in [1.165, 1.54) is 10.9 Å². The predicted octanol–water partition coefficient (Wildman–Crippen LogP) is 7.19. The molecule has 2 aromatic heterocycles. The molecule has 1 fully saturated rings. The molecule has 2 aliphatic heterocycles. The van der Waals surface area contributed by atoms with Gasteiger partial charge in [-0.25, -0.2) is 9.78 Å². The number of benzene rings is 2. The van der Waals surface area contributed by atoms with Gasteiger partial charge < -0.3 is 35.0 Å². The molecule has 282 valence electrons. The van der Waals surface area contributed by atoms with Crippen LogP contribution < -0.4 is 25.6 Å². The number of carbonyl (C=O) groups is 2. The minimum Gasteiger partial charge on any atom is -0.494 e. The third kappa shape index (κ3) is 9.65. The van der Waals surface area contributed by atoms with Crippen LogP contribution >= 0.6 is 23.9 Å². The van der Waals surface area contributed by atoms with E-state index in [9.17, 15) is 18.0 Å². The molecule has 0 unspecified atom stereocenters. The number of aryl methyl sites for hydroxylation is 1. The summed E-state index contributed by atoms with van der Waals surface area (Å²) in [6.45, 7) is 9.09. The van der Waals surface area contributed by atoms with Crippen LogP contribution in [0.5, 0.6) is 5.75 Å². The Kier molecular flexibility index (Phi) is 13.0. The number of anilines is 5. The summed E-state index contributed by atoms with van der Waals surface area (Å²) in [4.78, 5) is 39.9. The summed E-state index contributed by atoms with van der Waals surface area (Å²) in [6.07, 6.45) is 4.75. The van der Waals surface area contributed by atoms with E-state index < -0.39 is 20.1 Å². The monoisotopic (exact) mass is 817 g/mol. The Morgan fingerprint density at radius 3 is 2.49 bits per heavy atom. The van der Waals surface area contributed by atoms with Crippen LogP contribution in [0.3, 0.4) is 0 Å². The molecular formula is C36H40BrF3N7O5P. The molecule has 4 aromatic rings. The summed E-state index contributed by atoms with van der Waals surface area (Å²) >= 11 is 3.63. The zero-order chi connectivity index (χ0) is 38.3. The molecule has 53 heavy (non-hydrogen) atoms. The highest BCUT2D eigenvalue weighted by Crippen LogP contribution is 2.38. The predicted molar refractivity (Wildman–Crippen MR) is 205 cm³/mol. The molecule has 0 atom stereocenters. The van der Waals surface area contributed by atoms with Gasteiger partial charge in [0.15, 0.2) is 6.61 Å². The smallest absolute Gasteiger partial charge is 0.490 e. The lowest BCUT2D eigenvalue weighted by Gasteiger charge is -2.39. The van der Waals surface area contributed by atoms with Gasteiger partial charge in [-0.15, -0.1) is 0 Å². The van der Waals surface area contributed by atoms with Crippen molar-refractivity contribution in [3.63, 3.8) is 0 Å².